The zero-order chi connectivity index (χ0) is 26.5. The molecule has 36 heavy (non-hydrogen) atoms. The summed E-state index contributed by atoms with van der Waals surface area (Å²) >= 11 is 5.89. The molecule has 4 N–H and O–H groups in total. The molecule has 3 rings (SSSR count). The van der Waals surface area contributed by atoms with E-state index in [0.29, 0.717) is 39.1 Å². The average molecular weight is 513 g/mol. The average Bonchev–Trinajstić information content (AvgIpc) is 3.20. The van der Waals surface area contributed by atoms with Gasteiger partial charge < -0.3 is 21.1 Å². The lowest BCUT2D eigenvalue weighted by molar-refractivity contribution is -0.155. The van der Waals surface area contributed by atoms with Crippen molar-refractivity contribution < 1.29 is 14.3 Å². The molecular weight excluding hydrogens is 484 g/mol. The van der Waals surface area contributed by atoms with Crippen LogP contribution in [0.5, 0.6) is 0 Å². The molecule has 0 aliphatic rings. The lowest BCUT2D eigenvalue weighted by atomic mass is 10.1. The van der Waals surface area contributed by atoms with Crippen molar-refractivity contribution in [3.05, 3.63) is 65.4 Å². The molecule has 0 aliphatic heterocycles. The van der Waals surface area contributed by atoms with Gasteiger partial charge in [0, 0.05) is 37.0 Å². The van der Waals surface area contributed by atoms with Crippen molar-refractivity contribution in [3.63, 3.8) is 0 Å². The summed E-state index contributed by atoms with van der Waals surface area (Å²) in [7, 11) is 0. The van der Waals surface area contributed by atoms with Crippen LogP contribution in [-0.2, 0) is 16.1 Å². The maximum absolute atomic E-state index is 13.1. The summed E-state index contributed by atoms with van der Waals surface area (Å²) in [5.41, 5.74) is 7.47. The van der Waals surface area contributed by atoms with Gasteiger partial charge in [-0.25, -0.2) is 9.97 Å². The van der Waals surface area contributed by atoms with E-state index in [9.17, 15) is 9.59 Å². The number of nitrogens with one attached hydrogen (secondary N) is 2. The Kier molecular flexibility index (Phi) is 8.25. The Morgan fingerprint density at radius 2 is 1.86 bits per heavy atom. The Balaban J connectivity index is 1.81. The van der Waals surface area contributed by atoms with E-state index in [2.05, 4.69) is 30.7 Å². The van der Waals surface area contributed by atoms with Crippen LogP contribution in [0.3, 0.4) is 0 Å². The molecule has 12 heteroatoms. The van der Waals surface area contributed by atoms with Crippen molar-refractivity contribution in [1.82, 2.24) is 24.7 Å². The van der Waals surface area contributed by atoms with Crippen molar-refractivity contribution in [1.29, 1.82) is 0 Å². The number of rotatable bonds is 8. The van der Waals surface area contributed by atoms with Crippen LogP contribution < -0.4 is 16.4 Å². The standard InChI is InChI=1S/C24H29ClN8O3/c1-14(2)31-20-6-19(17(7-26)22-28-8-15(25)9-29-22)27-11-18(20)23(35)32-16-10-30-33(12-16)13-21(34)36-24(3,4)5/h6-12,14H,13,26H2,1-5H3,(H,27,31)(H,32,35). The minimum Gasteiger partial charge on any atom is -0.459 e. The molecule has 0 bridgehead atoms. The Morgan fingerprint density at radius 1 is 1.17 bits per heavy atom. The minimum atomic E-state index is -0.598. The summed E-state index contributed by atoms with van der Waals surface area (Å²) in [4.78, 5) is 37.9. The van der Waals surface area contributed by atoms with E-state index in [-0.39, 0.29) is 12.6 Å². The number of carbonyl (C=O) groups excluding carboxylic acids is 2. The third-order valence-electron chi connectivity index (χ3n) is 4.50. The van der Waals surface area contributed by atoms with Crippen LogP contribution in [-0.4, -0.2) is 48.3 Å². The van der Waals surface area contributed by atoms with Crippen molar-refractivity contribution >= 4 is 40.4 Å². The second-order valence-electron chi connectivity index (χ2n) is 9.19. The van der Waals surface area contributed by atoms with E-state index >= 15 is 0 Å². The maximum Gasteiger partial charge on any atom is 0.328 e. The number of nitrogens with two attached hydrogens (primary N) is 1. The zero-order valence-corrected chi connectivity index (χ0v) is 21.5. The summed E-state index contributed by atoms with van der Waals surface area (Å²) in [5.74, 6) is -0.491. The van der Waals surface area contributed by atoms with Crippen molar-refractivity contribution in [3.8, 4) is 0 Å². The topological polar surface area (TPSA) is 150 Å². The first-order valence-electron chi connectivity index (χ1n) is 11.2. The molecule has 3 aromatic heterocycles. The highest BCUT2D eigenvalue weighted by atomic mass is 35.5. The molecule has 0 atom stereocenters. The van der Waals surface area contributed by atoms with E-state index in [1.807, 2.05) is 13.8 Å². The van der Waals surface area contributed by atoms with Gasteiger partial charge in [-0.1, -0.05) is 11.6 Å². The predicted octanol–water partition coefficient (Wildman–Crippen LogP) is 3.48. The van der Waals surface area contributed by atoms with E-state index in [1.165, 1.54) is 35.7 Å². The monoisotopic (exact) mass is 512 g/mol. The smallest absolute Gasteiger partial charge is 0.328 e. The minimum absolute atomic E-state index is 0.0282. The first-order valence-corrected chi connectivity index (χ1v) is 11.6. The van der Waals surface area contributed by atoms with E-state index < -0.39 is 17.5 Å². The number of halogens is 1. The van der Waals surface area contributed by atoms with E-state index in [4.69, 9.17) is 22.1 Å². The number of aromatic nitrogens is 5. The molecule has 190 valence electrons. The molecule has 0 radical (unpaired) electrons. The van der Waals surface area contributed by atoms with Gasteiger partial charge in [-0.05, 0) is 40.7 Å². The van der Waals surface area contributed by atoms with Gasteiger partial charge in [0.15, 0.2) is 5.82 Å². The molecular formula is C24H29ClN8O3. The van der Waals surface area contributed by atoms with E-state index in [0.717, 1.165) is 0 Å². The van der Waals surface area contributed by atoms with Crippen LogP contribution in [0, 0.1) is 0 Å². The molecule has 0 spiro atoms. The largest absolute Gasteiger partial charge is 0.459 e. The molecule has 3 heterocycles. The molecule has 0 saturated carbocycles. The first-order chi connectivity index (χ1) is 16.9. The van der Waals surface area contributed by atoms with Crippen LogP contribution in [0.4, 0.5) is 11.4 Å². The summed E-state index contributed by atoms with van der Waals surface area (Å²) in [6.45, 7) is 9.18. The molecule has 3 aromatic rings. The highest BCUT2D eigenvalue weighted by Crippen LogP contribution is 2.25. The molecule has 0 unspecified atom stereocenters. The molecule has 1 amide bonds. The maximum atomic E-state index is 13.1. The summed E-state index contributed by atoms with van der Waals surface area (Å²) in [5, 5.41) is 10.6. The number of carbonyl (C=O) groups is 2. The Morgan fingerprint density at radius 3 is 2.47 bits per heavy atom. The van der Waals surface area contributed by atoms with Gasteiger partial charge in [-0.3, -0.25) is 19.3 Å². The second-order valence-corrected chi connectivity index (χ2v) is 9.62. The zero-order valence-electron chi connectivity index (χ0n) is 20.7. The SMILES string of the molecule is CC(C)Nc1cc(C(=CN)c2ncc(Cl)cn2)ncc1C(=O)Nc1cnn(CC(=O)OC(C)(C)C)c1. The van der Waals surface area contributed by atoms with E-state index in [1.54, 1.807) is 33.0 Å². The fourth-order valence-electron chi connectivity index (χ4n) is 3.16. The lowest BCUT2D eigenvalue weighted by Crippen LogP contribution is -2.26. The predicted molar refractivity (Wildman–Crippen MR) is 137 cm³/mol. The summed E-state index contributed by atoms with van der Waals surface area (Å²) < 4.78 is 6.69. The van der Waals surface area contributed by atoms with Crippen LogP contribution in [0.2, 0.25) is 5.02 Å². The second kappa shape index (κ2) is 11.2. The van der Waals surface area contributed by atoms with Crippen LogP contribution >= 0.6 is 11.6 Å². The summed E-state index contributed by atoms with van der Waals surface area (Å²) in [6, 6.07) is 1.73. The number of pyridine rings is 1. The fourth-order valence-corrected chi connectivity index (χ4v) is 3.26. The third kappa shape index (κ3) is 7.25. The number of hydrogen-bond acceptors (Lipinski definition) is 9. The van der Waals surface area contributed by atoms with Gasteiger partial charge in [-0.15, -0.1) is 0 Å². The number of ether oxygens (including phenoxy) is 1. The van der Waals surface area contributed by atoms with Crippen LogP contribution in [0.25, 0.3) is 5.57 Å². The van der Waals surface area contributed by atoms with Crippen molar-refractivity contribution in [2.45, 2.75) is 52.8 Å². The summed E-state index contributed by atoms with van der Waals surface area (Å²) in [6.07, 6.45) is 8.72. The Hall–Kier alpha value is -3.99. The van der Waals surface area contributed by atoms with Gasteiger partial charge in [-0.2, -0.15) is 5.10 Å². The number of anilines is 2. The highest BCUT2D eigenvalue weighted by Gasteiger charge is 2.19. The normalized spacial score (nSPS) is 11.9. The number of nitrogens with zero attached hydrogens (tertiary/aromatic N) is 5. The highest BCUT2D eigenvalue weighted by molar-refractivity contribution is 6.30. The first kappa shape index (κ1) is 26.6. The van der Waals surface area contributed by atoms with Crippen LogP contribution in [0.15, 0.2) is 43.3 Å². The van der Waals surface area contributed by atoms with Gasteiger partial charge in [0.1, 0.15) is 12.1 Å². The van der Waals surface area contributed by atoms with Crippen molar-refractivity contribution in [2.24, 2.45) is 5.73 Å². The fraction of sp³-hybridized carbons (Fsp3) is 0.333. The van der Waals surface area contributed by atoms with Gasteiger partial charge in [0.25, 0.3) is 5.91 Å². The van der Waals surface area contributed by atoms with Crippen molar-refractivity contribution in [2.75, 3.05) is 10.6 Å². The van der Waals surface area contributed by atoms with Gasteiger partial charge >= 0.3 is 5.97 Å². The number of esters is 1. The van der Waals surface area contributed by atoms with Gasteiger partial charge in [0.05, 0.1) is 39.4 Å². The number of amides is 1. The molecule has 0 fully saturated rings. The van der Waals surface area contributed by atoms with Gasteiger partial charge in [0.2, 0.25) is 0 Å². The Labute approximate surface area is 214 Å². The Bertz CT molecular complexity index is 1260. The molecule has 11 nitrogen and oxygen atoms in total. The number of hydrogen-bond donors (Lipinski definition) is 3. The lowest BCUT2D eigenvalue weighted by Gasteiger charge is -2.19. The molecule has 0 aliphatic carbocycles. The molecule has 0 saturated heterocycles. The van der Waals surface area contributed by atoms with Crippen LogP contribution in [0.1, 0.15) is 56.5 Å². The molecule has 0 aromatic carbocycles. The quantitative estimate of drug-likeness (QED) is 0.385. The third-order valence-corrected chi connectivity index (χ3v) is 4.69.